The molecule has 0 bridgehead atoms. The Kier molecular flexibility index (Phi) is 7.40. The average molecular weight is 697 g/mol. The molecular weight excluding hydrogens is 653 g/mol. The maximum Gasteiger partial charge on any atom is 0.0629 e. The molecule has 4 aliphatic rings. The molecule has 7 aromatic rings. The van der Waals surface area contributed by atoms with Crippen LogP contribution in [-0.2, 0) is 12.8 Å². The summed E-state index contributed by atoms with van der Waals surface area (Å²) in [5.41, 5.74) is 18.9. The number of rotatable bonds is 8. The van der Waals surface area contributed by atoms with Gasteiger partial charge in [-0.25, -0.2) is 0 Å². The molecule has 0 N–H and O–H groups in total. The molecule has 5 aromatic carbocycles. The first-order chi connectivity index (χ1) is 26.8. The van der Waals surface area contributed by atoms with Crippen molar-refractivity contribution in [3.8, 4) is 16.8 Å². The molecule has 2 heterocycles. The van der Waals surface area contributed by atoms with E-state index in [4.69, 9.17) is 0 Å². The minimum Gasteiger partial charge on any atom is -0.332 e. The Morgan fingerprint density at radius 3 is 2.31 bits per heavy atom. The lowest BCUT2D eigenvalue weighted by Gasteiger charge is -2.32. The van der Waals surface area contributed by atoms with Gasteiger partial charge in [-0.15, -0.1) is 0 Å². The van der Waals surface area contributed by atoms with Crippen LogP contribution in [0.2, 0.25) is 0 Å². The van der Waals surface area contributed by atoms with Crippen LogP contribution in [0.3, 0.4) is 0 Å². The van der Waals surface area contributed by atoms with Crippen molar-refractivity contribution in [2.45, 2.75) is 57.9 Å². The summed E-state index contributed by atoms with van der Waals surface area (Å²) in [4.78, 5) is 0. The van der Waals surface area contributed by atoms with Crippen LogP contribution in [0.4, 0.5) is 0 Å². The third-order valence-electron chi connectivity index (χ3n) is 12.6. The van der Waals surface area contributed by atoms with E-state index in [0.717, 1.165) is 12.8 Å². The summed E-state index contributed by atoms with van der Waals surface area (Å²) in [6, 6.07) is 41.8. The van der Waals surface area contributed by atoms with Crippen molar-refractivity contribution in [2.24, 2.45) is 5.92 Å². The SMILES string of the molecule is CCCCCCc1ccc(-n2c3c(c4cc(-c5ccc6c(c5)c5ccccc5n6C5C=CC6=C7C(=CC=CC75)c5ccccc56)ccc42)C=CCC3)cc1. The Hall–Kier alpha value is -5.86. The normalized spacial score (nSPS) is 18.1. The average Bonchev–Trinajstić information content (AvgIpc) is 3.86. The minimum atomic E-state index is 0.191. The number of hydrogen-bond acceptors (Lipinski definition) is 0. The second kappa shape index (κ2) is 12.6. The van der Waals surface area contributed by atoms with Gasteiger partial charge in [0.2, 0.25) is 0 Å². The third kappa shape index (κ3) is 4.79. The molecule has 2 aromatic heterocycles. The predicted molar refractivity (Wildman–Crippen MR) is 229 cm³/mol. The lowest BCUT2D eigenvalue weighted by molar-refractivity contribution is 0.540. The highest BCUT2D eigenvalue weighted by Gasteiger charge is 2.37. The van der Waals surface area contributed by atoms with E-state index in [1.807, 2.05) is 0 Å². The zero-order valence-electron chi connectivity index (χ0n) is 30.9. The maximum atomic E-state index is 2.61. The number of fused-ring (bicyclic) bond motifs is 9. The van der Waals surface area contributed by atoms with Crippen LogP contribution >= 0.6 is 0 Å². The lowest BCUT2D eigenvalue weighted by Crippen LogP contribution is -2.21. The van der Waals surface area contributed by atoms with E-state index in [1.54, 1.807) is 0 Å². The van der Waals surface area contributed by atoms with Crippen molar-refractivity contribution in [2.75, 3.05) is 0 Å². The Morgan fingerprint density at radius 1 is 0.667 bits per heavy atom. The van der Waals surface area contributed by atoms with E-state index >= 15 is 0 Å². The molecule has 0 spiro atoms. The monoisotopic (exact) mass is 696 g/mol. The molecule has 2 nitrogen and oxygen atoms in total. The summed E-state index contributed by atoms with van der Waals surface area (Å²) in [6.07, 6.45) is 25.1. The number of para-hydroxylation sites is 1. The molecule has 0 radical (unpaired) electrons. The zero-order chi connectivity index (χ0) is 35.8. The molecule has 0 amide bonds. The molecule has 0 fully saturated rings. The van der Waals surface area contributed by atoms with Crippen LogP contribution in [0, 0.1) is 5.92 Å². The van der Waals surface area contributed by atoms with E-state index in [2.05, 4.69) is 168 Å². The van der Waals surface area contributed by atoms with E-state index in [9.17, 15) is 0 Å². The molecule has 0 aliphatic heterocycles. The van der Waals surface area contributed by atoms with Crippen LogP contribution in [0.25, 0.3) is 66.7 Å². The Morgan fingerprint density at radius 2 is 1.44 bits per heavy atom. The number of allylic oxidation sites excluding steroid dienone is 9. The smallest absolute Gasteiger partial charge is 0.0629 e. The Labute approximate surface area is 317 Å². The molecule has 0 saturated heterocycles. The van der Waals surface area contributed by atoms with Crippen molar-refractivity contribution in [1.82, 2.24) is 9.13 Å². The first kappa shape index (κ1) is 31.6. The number of unbranched alkanes of at least 4 members (excludes halogenated alkanes) is 3. The van der Waals surface area contributed by atoms with Crippen molar-refractivity contribution >= 4 is 49.9 Å². The standard InChI is InChI=1S/C52H44N2/c1-2-3-4-5-13-34-22-26-37(27-23-34)53-47-20-10-8-16-40(47)45-32-35(24-29-50(45)53)36-25-30-51-46(33-36)41-17-9-11-21-48(41)54(51)49-31-28-43-39-15-7-6-14-38(39)42-18-12-19-44(49)52(42)43/h6-9,11-12,14-19,21-33,44,49H,2-5,10,13,20H2,1H3. The molecule has 4 aliphatic carbocycles. The van der Waals surface area contributed by atoms with Gasteiger partial charge in [0.05, 0.1) is 11.6 Å². The molecule has 54 heavy (non-hydrogen) atoms. The van der Waals surface area contributed by atoms with Crippen molar-refractivity contribution in [1.29, 1.82) is 0 Å². The van der Waals surface area contributed by atoms with E-state index in [0.29, 0.717) is 0 Å². The van der Waals surface area contributed by atoms with E-state index < -0.39 is 0 Å². The van der Waals surface area contributed by atoms with Gasteiger partial charge >= 0.3 is 0 Å². The van der Waals surface area contributed by atoms with Crippen LogP contribution in [-0.4, -0.2) is 9.13 Å². The van der Waals surface area contributed by atoms with E-state index in [1.165, 1.54) is 126 Å². The van der Waals surface area contributed by atoms with Crippen LogP contribution in [0.15, 0.2) is 151 Å². The largest absolute Gasteiger partial charge is 0.332 e. The number of benzene rings is 5. The first-order valence-electron chi connectivity index (χ1n) is 20.1. The van der Waals surface area contributed by atoms with Gasteiger partial charge in [0.25, 0.3) is 0 Å². The summed E-state index contributed by atoms with van der Waals surface area (Å²) < 4.78 is 5.13. The molecule has 262 valence electrons. The first-order valence-corrected chi connectivity index (χ1v) is 20.1. The highest BCUT2D eigenvalue weighted by atomic mass is 15.0. The summed E-state index contributed by atoms with van der Waals surface area (Å²) in [7, 11) is 0. The highest BCUT2D eigenvalue weighted by Crippen LogP contribution is 2.53. The summed E-state index contributed by atoms with van der Waals surface area (Å²) in [6.45, 7) is 2.28. The Balaban J connectivity index is 0.987. The summed E-state index contributed by atoms with van der Waals surface area (Å²) in [5, 5.41) is 3.97. The molecule has 11 rings (SSSR count). The predicted octanol–water partition coefficient (Wildman–Crippen LogP) is 13.6. The minimum absolute atomic E-state index is 0.191. The van der Waals surface area contributed by atoms with Crippen molar-refractivity contribution < 1.29 is 0 Å². The maximum absolute atomic E-state index is 2.61. The van der Waals surface area contributed by atoms with Gasteiger partial charge in [-0.1, -0.05) is 135 Å². The van der Waals surface area contributed by atoms with Gasteiger partial charge in [0.15, 0.2) is 0 Å². The van der Waals surface area contributed by atoms with Gasteiger partial charge in [-0.3, -0.25) is 0 Å². The topological polar surface area (TPSA) is 9.86 Å². The van der Waals surface area contributed by atoms with Crippen LogP contribution in [0.5, 0.6) is 0 Å². The summed E-state index contributed by atoms with van der Waals surface area (Å²) in [5.74, 6) is 0.281. The van der Waals surface area contributed by atoms with Gasteiger partial charge in [0.1, 0.15) is 0 Å². The fourth-order valence-corrected chi connectivity index (χ4v) is 10.1. The number of nitrogens with zero attached hydrogens (tertiary/aromatic N) is 2. The summed E-state index contributed by atoms with van der Waals surface area (Å²) >= 11 is 0. The van der Waals surface area contributed by atoms with Crippen LogP contribution in [0.1, 0.15) is 73.0 Å². The molecule has 0 saturated carbocycles. The van der Waals surface area contributed by atoms with Crippen molar-refractivity contribution in [3.63, 3.8) is 0 Å². The molecule has 2 atom stereocenters. The number of aryl methyl sites for hydroxylation is 1. The molecular formula is C52H44N2. The number of aromatic nitrogens is 2. The fraction of sp³-hybridized carbons (Fsp3) is 0.192. The van der Waals surface area contributed by atoms with Gasteiger partial charge < -0.3 is 9.13 Å². The third-order valence-corrected chi connectivity index (χ3v) is 12.6. The van der Waals surface area contributed by atoms with Crippen LogP contribution < -0.4 is 0 Å². The van der Waals surface area contributed by atoms with Gasteiger partial charge in [-0.05, 0) is 113 Å². The second-order valence-corrected chi connectivity index (χ2v) is 15.7. The molecule has 2 heteroatoms. The highest BCUT2D eigenvalue weighted by molar-refractivity contribution is 6.10. The van der Waals surface area contributed by atoms with E-state index in [-0.39, 0.29) is 12.0 Å². The van der Waals surface area contributed by atoms with Gasteiger partial charge in [-0.2, -0.15) is 0 Å². The Bertz CT molecular complexity index is 2810. The zero-order valence-corrected chi connectivity index (χ0v) is 30.9. The quantitative estimate of drug-likeness (QED) is 0.140. The van der Waals surface area contributed by atoms with Crippen molar-refractivity contribution in [3.05, 3.63) is 179 Å². The second-order valence-electron chi connectivity index (χ2n) is 15.7. The lowest BCUT2D eigenvalue weighted by atomic mass is 9.79. The van der Waals surface area contributed by atoms with Gasteiger partial charge in [0, 0.05) is 50.1 Å². The fourth-order valence-electron chi connectivity index (χ4n) is 10.1. The molecule has 2 unspecified atom stereocenters. The number of hydrogen-bond donors (Lipinski definition) is 0.